The first-order valence-corrected chi connectivity index (χ1v) is 10.7. The molecule has 7 rings (SSSR count). The second kappa shape index (κ2) is 6.60. The van der Waals surface area contributed by atoms with Crippen molar-refractivity contribution in [2.45, 2.75) is 18.3 Å². The zero-order chi connectivity index (χ0) is 23.1. The normalized spacial score (nSPS) is 26.6. The maximum absolute atomic E-state index is 14.0. The van der Waals surface area contributed by atoms with Crippen LogP contribution in [0.25, 0.3) is 0 Å². The fourth-order valence-electron chi connectivity index (χ4n) is 6.42. The smallest absolute Gasteiger partial charge is 0.239 e. The predicted octanol–water partition coefficient (Wildman–Crippen LogP) is 3.52. The summed E-state index contributed by atoms with van der Waals surface area (Å²) in [6, 6.07) is 20.9. The van der Waals surface area contributed by atoms with E-state index in [0.717, 1.165) is 27.2 Å². The second-order valence-electron chi connectivity index (χ2n) is 8.79. The molecule has 2 bridgehead atoms. The molecule has 3 aromatic rings. The maximum atomic E-state index is 14.0. The van der Waals surface area contributed by atoms with Gasteiger partial charge in [-0.25, -0.2) is 4.90 Å². The molecule has 33 heavy (non-hydrogen) atoms. The summed E-state index contributed by atoms with van der Waals surface area (Å²) in [6.45, 7) is 1.47. The lowest BCUT2D eigenvalue weighted by Gasteiger charge is -2.52. The van der Waals surface area contributed by atoms with E-state index < -0.39 is 35.0 Å². The van der Waals surface area contributed by atoms with Crippen LogP contribution in [0.2, 0.25) is 0 Å². The molecule has 2 atom stereocenters. The lowest BCUT2D eigenvalue weighted by Crippen LogP contribution is -2.57. The van der Waals surface area contributed by atoms with E-state index >= 15 is 0 Å². The van der Waals surface area contributed by atoms with Crippen LogP contribution in [0.3, 0.4) is 0 Å². The van der Waals surface area contributed by atoms with Gasteiger partial charge in [0.25, 0.3) is 0 Å². The average molecular weight is 439 g/mol. The summed E-state index contributed by atoms with van der Waals surface area (Å²) in [7, 11) is 0. The summed E-state index contributed by atoms with van der Waals surface area (Å²) in [5.74, 6) is -3.35. The molecule has 7 nitrogen and oxygen atoms in total. The largest absolute Gasteiger partial charge is 0.733 e. The third-order valence-electron chi connectivity index (χ3n) is 7.50. The summed E-state index contributed by atoms with van der Waals surface area (Å²) in [5, 5.41) is 21.0. The Morgan fingerprint density at radius 1 is 0.909 bits per heavy atom. The molecule has 2 amide bonds. The minimum Gasteiger partial charge on any atom is -0.733 e. The molecule has 1 heterocycles. The molecule has 1 saturated heterocycles. The molecular formula is C26H19N2O5-. The van der Waals surface area contributed by atoms with Gasteiger partial charge in [0.1, 0.15) is 5.78 Å². The molecule has 1 N–H and O–H groups in total. The number of ketones is 1. The molecule has 0 radical (unpaired) electrons. The first-order valence-electron chi connectivity index (χ1n) is 10.7. The molecule has 3 aromatic carbocycles. The van der Waals surface area contributed by atoms with E-state index in [-0.39, 0.29) is 22.4 Å². The van der Waals surface area contributed by atoms with E-state index in [0.29, 0.717) is 0 Å². The van der Waals surface area contributed by atoms with Crippen LogP contribution >= 0.6 is 0 Å². The Morgan fingerprint density at radius 3 is 2.03 bits per heavy atom. The number of para-hydroxylation sites is 2. The standard InChI is InChI=1S/C26H19N2O5/c1-14(29)26-17-10-4-2-8-15(17)21(16-9-3-5-11-18(16)26)22-23(26)25(31)27(24(22)30)19-12-6-7-13-20(19)28(32)33/h2-13,21-23,32H,1H3/q-1/t21?,22-,23-,26?/m0/s1. The Balaban J connectivity index is 1.66. The summed E-state index contributed by atoms with van der Waals surface area (Å²) >= 11 is 0. The van der Waals surface area contributed by atoms with Gasteiger partial charge >= 0.3 is 0 Å². The summed E-state index contributed by atoms with van der Waals surface area (Å²) in [5.41, 5.74) is 1.74. The number of Topliss-reactive ketones (excluding diaryl/α,β-unsaturated/α-hetero) is 1. The number of benzene rings is 3. The molecule has 0 spiro atoms. The lowest BCUT2D eigenvalue weighted by atomic mass is 9.46. The number of hydrogen-bond donors (Lipinski definition) is 1. The second-order valence-corrected chi connectivity index (χ2v) is 8.79. The van der Waals surface area contributed by atoms with Crippen molar-refractivity contribution in [1.82, 2.24) is 0 Å². The number of anilines is 2. The Kier molecular flexibility index (Phi) is 3.97. The van der Waals surface area contributed by atoms with Crippen LogP contribution in [-0.2, 0) is 19.8 Å². The van der Waals surface area contributed by atoms with E-state index in [1.807, 2.05) is 48.5 Å². The van der Waals surface area contributed by atoms with Crippen molar-refractivity contribution in [3.05, 3.63) is 100 Å². The van der Waals surface area contributed by atoms with Crippen LogP contribution in [0.4, 0.5) is 11.4 Å². The van der Waals surface area contributed by atoms with Gasteiger partial charge in [-0.3, -0.25) is 19.6 Å². The van der Waals surface area contributed by atoms with Crippen LogP contribution in [0.5, 0.6) is 0 Å². The van der Waals surface area contributed by atoms with Crippen molar-refractivity contribution in [2.75, 3.05) is 10.1 Å². The van der Waals surface area contributed by atoms with Crippen molar-refractivity contribution in [3.8, 4) is 0 Å². The van der Waals surface area contributed by atoms with Crippen molar-refractivity contribution < 1.29 is 19.6 Å². The number of amides is 2. The lowest BCUT2D eigenvalue weighted by molar-refractivity contribution is -0.132. The molecule has 1 aliphatic heterocycles. The number of carbonyl (C=O) groups is 3. The van der Waals surface area contributed by atoms with Gasteiger partial charge in [0.15, 0.2) is 0 Å². The Labute approximate surface area is 189 Å². The summed E-state index contributed by atoms with van der Waals surface area (Å²) in [6.07, 6.45) is 0. The number of nitrogens with zero attached hydrogens (tertiary/aromatic N) is 2. The van der Waals surface area contributed by atoms with Crippen LogP contribution in [0.1, 0.15) is 35.1 Å². The van der Waals surface area contributed by atoms with Crippen LogP contribution in [0.15, 0.2) is 72.8 Å². The van der Waals surface area contributed by atoms with Crippen molar-refractivity contribution >= 4 is 29.0 Å². The van der Waals surface area contributed by atoms with Gasteiger partial charge in [-0.05, 0) is 41.3 Å². The third-order valence-corrected chi connectivity index (χ3v) is 7.50. The van der Waals surface area contributed by atoms with Gasteiger partial charge in [-0.2, -0.15) is 0 Å². The summed E-state index contributed by atoms with van der Waals surface area (Å²) < 4.78 is 0. The van der Waals surface area contributed by atoms with Crippen molar-refractivity contribution in [3.63, 3.8) is 0 Å². The topological polar surface area (TPSA) is 101 Å². The first kappa shape index (κ1) is 19.8. The van der Waals surface area contributed by atoms with E-state index in [4.69, 9.17) is 0 Å². The quantitative estimate of drug-likeness (QED) is 0.495. The van der Waals surface area contributed by atoms with E-state index in [1.54, 1.807) is 6.07 Å². The molecule has 0 saturated carbocycles. The SMILES string of the molecule is CC(=O)C12c3ccccc3C(c3ccccc31)[C@@H]1C(=O)N(c3ccccc3N([O-])O)C(=O)[C@H]12. The fourth-order valence-corrected chi connectivity index (χ4v) is 6.42. The Hall–Kier alpha value is -3.81. The highest BCUT2D eigenvalue weighted by Crippen LogP contribution is 2.64. The monoisotopic (exact) mass is 439 g/mol. The highest BCUT2D eigenvalue weighted by molar-refractivity contribution is 6.26. The molecule has 0 aromatic heterocycles. The van der Waals surface area contributed by atoms with Gasteiger partial charge in [0.05, 0.1) is 28.6 Å². The van der Waals surface area contributed by atoms with Gasteiger partial charge in [0.2, 0.25) is 11.8 Å². The van der Waals surface area contributed by atoms with Crippen LogP contribution < -0.4 is 10.1 Å². The van der Waals surface area contributed by atoms with E-state index in [1.165, 1.54) is 25.1 Å². The molecule has 4 aliphatic rings. The highest BCUT2D eigenvalue weighted by Gasteiger charge is 2.70. The zero-order valence-corrected chi connectivity index (χ0v) is 17.6. The molecule has 3 aliphatic carbocycles. The fraction of sp³-hybridized carbons (Fsp3) is 0.192. The van der Waals surface area contributed by atoms with Gasteiger partial charge in [-0.15, -0.1) is 0 Å². The summed E-state index contributed by atoms with van der Waals surface area (Å²) in [4.78, 5) is 42.4. The maximum Gasteiger partial charge on any atom is 0.239 e. The third kappa shape index (κ3) is 2.23. The minimum atomic E-state index is -1.31. The van der Waals surface area contributed by atoms with Gasteiger partial charge < -0.3 is 10.4 Å². The minimum absolute atomic E-state index is 0.00520. The molecular weight excluding hydrogens is 420 g/mol. The van der Waals surface area contributed by atoms with Crippen molar-refractivity contribution in [1.29, 1.82) is 0 Å². The predicted molar refractivity (Wildman–Crippen MR) is 120 cm³/mol. The average Bonchev–Trinajstić information content (AvgIpc) is 3.09. The number of hydrogen-bond acceptors (Lipinski definition) is 6. The Morgan fingerprint density at radius 2 is 1.45 bits per heavy atom. The van der Waals surface area contributed by atoms with Crippen LogP contribution in [0, 0.1) is 17.0 Å². The van der Waals surface area contributed by atoms with Crippen molar-refractivity contribution in [2.24, 2.45) is 11.8 Å². The highest BCUT2D eigenvalue weighted by atomic mass is 16.8. The molecule has 164 valence electrons. The van der Waals surface area contributed by atoms with Gasteiger partial charge in [-0.1, -0.05) is 60.7 Å². The van der Waals surface area contributed by atoms with Crippen LogP contribution in [-0.4, -0.2) is 22.8 Å². The Bertz CT molecular complexity index is 1320. The van der Waals surface area contributed by atoms with E-state index in [9.17, 15) is 24.8 Å². The molecule has 1 fully saturated rings. The van der Waals surface area contributed by atoms with Gasteiger partial charge in [0, 0.05) is 5.92 Å². The number of imide groups is 1. The van der Waals surface area contributed by atoms with E-state index in [2.05, 4.69) is 0 Å². The number of rotatable bonds is 3. The molecule has 7 heteroatoms. The zero-order valence-electron chi connectivity index (χ0n) is 17.6. The first-order chi connectivity index (χ1) is 15.9. The number of carbonyl (C=O) groups excluding carboxylic acids is 3. The molecule has 0 unspecified atom stereocenters.